The molecular weight excluding hydrogens is 612 g/mol. The quantitative estimate of drug-likeness (QED) is 0.298. The third-order valence-corrected chi connectivity index (χ3v) is 8.41. The smallest absolute Gasteiger partial charge is 0.254 e. The van der Waals surface area contributed by atoms with Gasteiger partial charge in [-0.15, -0.1) is 37.2 Å². The van der Waals surface area contributed by atoms with Crippen LogP contribution in [-0.2, 0) is 6.42 Å². The number of aromatic nitrogens is 1. The van der Waals surface area contributed by atoms with Crippen LogP contribution in [-0.4, -0.2) is 64.5 Å². The van der Waals surface area contributed by atoms with Crippen molar-refractivity contribution in [3.63, 3.8) is 0 Å². The van der Waals surface area contributed by atoms with E-state index in [-0.39, 0.29) is 48.7 Å². The molecule has 4 N–H and O–H groups in total. The van der Waals surface area contributed by atoms with Gasteiger partial charge in [0.05, 0.1) is 6.20 Å². The number of nitrogens with zero attached hydrogens (tertiary/aromatic N) is 3. The zero-order chi connectivity index (χ0) is 28.2. The molecule has 0 radical (unpaired) electrons. The van der Waals surface area contributed by atoms with Gasteiger partial charge in [0.1, 0.15) is 17.1 Å². The molecule has 5 rings (SSSR count). The summed E-state index contributed by atoms with van der Waals surface area (Å²) in [6.07, 6.45) is 6.38. The molecule has 0 bridgehead atoms. The highest BCUT2D eigenvalue weighted by atomic mass is 35.5. The zero-order valence-corrected chi connectivity index (χ0v) is 27.1. The van der Waals surface area contributed by atoms with Crippen molar-refractivity contribution in [2.24, 2.45) is 11.5 Å². The molecule has 1 saturated heterocycles. The summed E-state index contributed by atoms with van der Waals surface area (Å²) < 4.78 is 20.0. The molecule has 43 heavy (non-hydrogen) atoms. The second-order valence-electron chi connectivity index (χ2n) is 11.3. The second kappa shape index (κ2) is 16.6. The Hall–Kier alpha value is -2.46. The summed E-state index contributed by atoms with van der Waals surface area (Å²) in [5, 5.41) is 0. The van der Waals surface area contributed by atoms with Crippen molar-refractivity contribution in [1.82, 2.24) is 14.8 Å². The van der Waals surface area contributed by atoms with Gasteiger partial charge in [0.2, 0.25) is 5.88 Å². The van der Waals surface area contributed by atoms with Crippen molar-refractivity contribution in [1.29, 1.82) is 0 Å². The average molecular weight is 655 g/mol. The van der Waals surface area contributed by atoms with Crippen LogP contribution < -0.4 is 16.2 Å². The van der Waals surface area contributed by atoms with Crippen molar-refractivity contribution in [2.75, 3.05) is 19.6 Å². The molecule has 3 aromatic rings. The van der Waals surface area contributed by atoms with E-state index in [0.29, 0.717) is 29.9 Å². The van der Waals surface area contributed by atoms with E-state index < -0.39 is 11.7 Å². The Morgan fingerprint density at radius 1 is 0.977 bits per heavy atom. The van der Waals surface area contributed by atoms with E-state index in [2.05, 4.69) is 46.8 Å². The Morgan fingerprint density at radius 3 is 2.26 bits per heavy atom. The molecule has 2 fully saturated rings. The highest BCUT2D eigenvalue weighted by molar-refractivity contribution is 5.95. The van der Waals surface area contributed by atoms with Crippen LogP contribution in [0.3, 0.4) is 0 Å². The number of primary amides is 1. The minimum Gasteiger partial charge on any atom is -0.438 e. The topological polar surface area (TPSA) is 97.7 Å². The minimum absolute atomic E-state index is 0. The van der Waals surface area contributed by atoms with E-state index in [9.17, 15) is 9.18 Å². The predicted molar refractivity (Wildman–Crippen MR) is 178 cm³/mol. The number of benzene rings is 2. The van der Waals surface area contributed by atoms with Crippen LogP contribution in [0.25, 0.3) is 11.1 Å². The summed E-state index contributed by atoms with van der Waals surface area (Å²) in [4.78, 5) is 21.3. The largest absolute Gasteiger partial charge is 0.438 e. The molecular formula is C32H43Cl3FN5O2. The van der Waals surface area contributed by atoms with Crippen molar-refractivity contribution < 1.29 is 13.9 Å². The van der Waals surface area contributed by atoms with Crippen molar-refractivity contribution in [3.05, 3.63) is 77.7 Å². The second-order valence-corrected chi connectivity index (χ2v) is 11.3. The number of piperazine rings is 1. The lowest BCUT2D eigenvalue weighted by atomic mass is 9.88. The maximum Gasteiger partial charge on any atom is 0.254 e. The fraction of sp³-hybridized carbons (Fsp3) is 0.438. The lowest BCUT2D eigenvalue weighted by Gasteiger charge is -2.49. The minimum atomic E-state index is -0.788. The van der Waals surface area contributed by atoms with E-state index >= 15 is 0 Å². The van der Waals surface area contributed by atoms with E-state index in [0.717, 1.165) is 67.9 Å². The lowest BCUT2D eigenvalue weighted by Crippen LogP contribution is -2.60. The summed E-state index contributed by atoms with van der Waals surface area (Å²) in [5.74, 6) is -0.842. The molecule has 11 heteroatoms. The van der Waals surface area contributed by atoms with Crippen LogP contribution in [0.15, 0.2) is 60.8 Å². The zero-order valence-electron chi connectivity index (χ0n) is 24.7. The third kappa shape index (κ3) is 8.81. The van der Waals surface area contributed by atoms with Gasteiger partial charge in [0.15, 0.2) is 0 Å². The van der Waals surface area contributed by atoms with E-state index in [1.165, 1.54) is 12.8 Å². The molecule has 1 aliphatic heterocycles. The number of hydrogen-bond donors (Lipinski definition) is 2. The number of nitrogens with two attached hydrogens (primary N) is 2. The van der Waals surface area contributed by atoms with E-state index in [1.54, 1.807) is 0 Å². The summed E-state index contributed by atoms with van der Waals surface area (Å²) in [6.45, 7) is 7.55. The van der Waals surface area contributed by atoms with Gasteiger partial charge >= 0.3 is 0 Å². The maximum atomic E-state index is 13.8. The first-order chi connectivity index (χ1) is 19.3. The molecule has 1 saturated carbocycles. The number of amides is 1. The molecule has 0 unspecified atom stereocenters. The van der Waals surface area contributed by atoms with Gasteiger partial charge in [-0.05, 0) is 69.2 Å². The lowest BCUT2D eigenvalue weighted by molar-refractivity contribution is -0.00600. The van der Waals surface area contributed by atoms with Crippen LogP contribution in [0.4, 0.5) is 4.39 Å². The number of pyridine rings is 1. The summed E-state index contributed by atoms with van der Waals surface area (Å²) >= 11 is 0. The number of carbonyl (C=O) groups excluding carboxylic acids is 1. The Bertz CT molecular complexity index is 1320. The molecule has 7 nitrogen and oxygen atoms in total. The van der Waals surface area contributed by atoms with Gasteiger partial charge in [-0.1, -0.05) is 42.5 Å². The Balaban J connectivity index is 0.00000215. The van der Waals surface area contributed by atoms with Crippen molar-refractivity contribution >= 4 is 43.1 Å². The van der Waals surface area contributed by atoms with Crippen molar-refractivity contribution in [2.45, 2.75) is 70.1 Å². The Labute approximate surface area is 272 Å². The van der Waals surface area contributed by atoms with Crippen molar-refractivity contribution in [3.8, 4) is 22.8 Å². The normalized spacial score (nSPS) is 22.4. The summed E-state index contributed by atoms with van der Waals surface area (Å²) in [6, 6.07) is 19.0. The Kier molecular flexibility index (Phi) is 14.2. The van der Waals surface area contributed by atoms with Crippen LogP contribution in [0.2, 0.25) is 0 Å². The first kappa shape index (κ1) is 36.7. The monoisotopic (exact) mass is 653 g/mol. The number of rotatable bonds is 8. The first-order valence-electron chi connectivity index (χ1n) is 14.4. The SMILES string of the molecule is C[C@@H]1CN(CCc2c(Oc3ncc(F)cc3C(N)=O)cccc2-c2ccccc2)C[C@H](C)N1C1CCC(N)CC1.Cl.Cl.Cl. The molecule has 236 valence electrons. The molecule has 2 aliphatic rings. The number of halogens is 4. The standard InChI is InChI=1S/C32H40FN5O2.3ClH/c1-21-19-37(20-22(2)38(21)26-13-11-25(34)12-14-26)16-15-28-27(23-7-4-3-5-8-23)9-6-10-30(28)40-32-29(31(35)39)17-24(33)18-36-32;;;/h3-10,17-18,21-22,25-26H,11-16,19-20,34H2,1-2H3,(H2,35,39);3*1H/t21-,22+,25?,26?;;;. The Morgan fingerprint density at radius 2 is 1.63 bits per heavy atom. The molecule has 2 atom stereocenters. The predicted octanol–water partition coefficient (Wildman–Crippen LogP) is 6.25. The number of ether oxygens (including phenoxy) is 1. The van der Waals surface area contributed by atoms with Gasteiger partial charge in [-0.25, -0.2) is 9.37 Å². The molecule has 2 heterocycles. The third-order valence-electron chi connectivity index (χ3n) is 8.41. The highest BCUT2D eigenvalue weighted by Crippen LogP contribution is 2.35. The summed E-state index contributed by atoms with van der Waals surface area (Å²) in [7, 11) is 0. The van der Waals surface area contributed by atoms with Crippen LogP contribution in [0.5, 0.6) is 11.6 Å². The van der Waals surface area contributed by atoms with E-state index in [1.807, 2.05) is 30.3 Å². The maximum absolute atomic E-state index is 13.8. The van der Waals surface area contributed by atoms with E-state index in [4.69, 9.17) is 16.2 Å². The first-order valence-corrected chi connectivity index (χ1v) is 14.4. The molecule has 0 spiro atoms. The summed E-state index contributed by atoms with van der Waals surface area (Å²) in [5.41, 5.74) is 14.7. The highest BCUT2D eigenvalue weighted by Gasteiger charge is 2.35. The molecule has 1 aliphatic carbocycles. The average Bonchev–Trinajstić information content (AvgIpc) is 2.94. The van der Waals surface area contributed by atoms with Gasteiger partial charge in [-0.3, -0.25) is 14.6 Å². The van der Waals surface area contributed by atoms with Crippen LogP contribution in [0.1, 0.15) is 55.5 Å². The number of carbonyl (C=O) groups is 1. The number of hydrogen-bond acceptors (Lipinski definition) is 6. The molecule has 1 amide bonds. The fourth-order valence-corrected chi connectivity index (χ4v) is 6.61. The fourth-order valence-electron chi connectivity index (χ4n) is 6.61. The van der Waals surface area contributed by atoms with Gasteiger partial charge in [0, 0.05) is 49.4 Å². The van der Waals surface area contributed by atoms with Crippen LogP contribution >= 0.6 is 37.2 Å². The molecule has 2 aromatic carbocycles. The van der Waals surface area contributed by atoms with Crippen LogP contribution in [0, 0.1) is 5.82 Å². The molecule has 1 aromatic heterocycles. The van der Waals surface area contributed by atoms with Gasteiger partial charge < -0.3 is 16.2 Å². The van der Waals surface area contributed by atoms with Gasteiger partial charge in [0.25, 0.3) is 5.91 Å². The van der Waals surface area contributed by atoms with Gasteiger partial charge in [-0.2, -0.15) is 0 Å².